The largest absolute Gasteiger partial charge is 0.453 e. The van der Waals surface area contributed by atoms with E-state index in [1.807, 2.05) is 36.4 Å². The van der Waals surface area contributed by atoms with Crippen molar-refractivity contribution in [1.29, 1.82) is 0 Å². The Bertz CT molecular complexity index is 838. The zero-order valence-electron chi connectivity index (χ0n) is 11.4. The summed E-state index contributed by atoms with van der Waals surface area (Å²) in [5.41, 5.74) is 2.10. The summed E-state index contributed by atoms with van der Waals surface area (Å²) in [7, 11) is 0. The van der Waals surface area contributed by atoms with Gasteiger partial charge < -0.3 is 14.2 Å². The van der Waals surface area contributed by atoms with E-state index >= 15 is 0 Å². The number of carbonyl (C=O) groups excluding carboxylic acids is 1. The zero-order valence-corrected chi connectivity index (χ0v) is 11.4. The summed E-state index contributed by atoms with van der Waals surface area (Å²) in [5, 5.41) is 1.74. The van der Waals surface area contributed by atoms with Gasteiger partial charge in [-0.2, -0.15) is 0 Å². The Morgan fingerprint density at radius 3 is 2.76 bits per heavy atom. The second-order valence-corrected chi connectivity index (χ2v) is 4.91. The number of benzene rings is 1. The Hall–Kier alpha value is -2.75. The monoisotopic (exact) mass is 280 g/mol. The van der Waals surface area contributed by atoms with Crippen LogP contribution in [0.15, 0.2) is 42.5 Å². The van der Waals surface area contributed by atoms with Crippen LogP contribution in [0.4, 0.5) is 0 Å². The molecule has 0 saturated carbocycles. The fourth-order valence-corrected chi connectivity index (χ4v) is 2.77. The van der Waals surface area contributed by atoms with Crippen LogP contribution in [0.3, 0.4) is 0 Å². The lowest BCUT2D eigenvalue weighted by atomic mass is 10.0. The summed E-state index contributed by atoms with van der Waals surface area (Å²) in [6.45, 7) is 1.57. The number of hydrogen-bond donors (Lipinski definition) is 0. The van der Waals surface area contributed by atoms with Gasteiger partial charge in [-0.15, -0.1) is 0 Å². The highest BCUT2D eigenvalue weighted by atomic mass is 16.7. The Kier molecular flexibility index (Phi) is 2.51. The molecule has 0 radical (unpaired) electrons. The van der Waals surface area contributed by atoms with Gasteiger partial charge in [-0.25, -0.2) is 0 Å². The third-order valence-corrected chi connectivity index (χ3v) is 3.58. The average Bonchev–Trinajstić information content (AvgIpc) is 3.04. The van der Waals surface area contributed by atoms with Crippen LogP contribution in [-0.4, -0.2) is 12.8 Å². The van der Waals surface area contributed by atoms with E-state index in [1.54, 1.807) is 6.07 Å². The maximum atomic E-state index is 11.4. The lowest BCUT2D eigenvalue weighted by Crippen LogP contribution is -2.02. The van der Waals surface area contributed by atoms with E-state index in [-0.39, 0.29) is 12.8 Å². The first-order chi connectivity index (χ1) is 10.2. The lowest BCUT2D eigenvalue weighted by Gasteiger charge is -2.09. The minimum absolute atomic E-state index is 0.177. The predicted octanol–water partition coefficient (Wildman–Crippen LogP) is 3.60. The van der Waals surface area contributed by atoms with Crippen molar-refractivity contribution >= 4 is 16.7 Å². The number of fused-ring (bicyclic) bond motifs is 5. The Morgan fingerprint density at radius 2 is 1.95 bits per heavy atom. The summed E-state index contributed by atoms with van der Waals surface area (Å²) in [6.07, 6.45) is 0. The molecule has 21 heavy (non-hydrogen) atoms. The molecular formula is C17H12O4. The normalized spacial score (nSPS) is 12.8. The van der Waals surface area contributed by atoms with E-state index in [0.29, 0.717) is 17.2 Å². The van der Waals surface area contributed by atoms with Gasteiger partial charge in [-0.05, 0) is 11.1 Å². The quantitative estimate of drug-likeness (QED) is 0.504. The summed E-state index contributed by atoms with van der Waals surface area (Å²) < 4.78 is 16.4. The predicted molar refractivity (Wildman–Crippen MR) is 78.0 cm³/mol. The maximum Gasteiger partial charge on any atom is 0.308 e. The van der Waals surface area contributed by atoms with Crippen molar-refractivity contribution in [2.45, 2.75) is 6.92 Å². The Morgan fingerprint density at radius 1 is 1.14 bits per heavy atom. The van der Waals surface area contributed by atoms with Crippen molar-refractivity contribution in [2.75, 3.05) is 6.79 Å². The second kappa shape index (κ2) is 4.38. The van der Waals surface area contributed by atoms with Gasteiger partial charge in [-0.1, -0.05) is 36.4 Å². The van der Waals surface area contributed by atoms with Gasteiger partial charge in [-0.3, -0.25) is 4.79 Å². The van der Waals surface area contributed by atoms with Gasteiger partial charge >= 0.3 is 5.97 Å². The molecule has 1 aliphatic heterocycles. The van der Waals surface area contributed by atoms with Crippen LogP contribution in [0.2, 0.25) is 0 Å². The standard InChI is InChI=1S/C17H12O4/c1-10(18)21-14-8-15-17(20-9-19-15)13-7-3-5-11-4-2-6-12(11)16(13)14/h2-8H,9H2,1H3. The van der Waals surface area contributed by atoms with Gasteiger partial charge in [0.1, 0.15) is 5.75 Å². The molecule has 1 aromatic carbocycles. The van der Waals surface area contributed by atoms with E-state index in [4.69, 9.17) is 14.2 Å². The first kappa shape index (κ1) is 12.0. The number of rotatable bonds is 1. The molecule has 3 aliphatic rings. The highest BCUT2D eigenvalue weighted by molar-refractivity contribution is 6.06. The molecule has 4 nitrogen and oxygen atoms in total. The molecule has 1 aromatic rings. The van der Waals surface area contributed by atoms with Crippen LogP contribution in [0, 0.1) is 0 Å². The number of hydrogen-bond acceptors (Lipinski definition) is 4. The summed E-state index contributed by atoms with van der Waals surface area (Å²) in [4.78, 5) is 11.4. The molecule has 104 valence electrons. The van der Waals surface area contributed by atoms with Crippen LogP contribution < -0.4 is 14.2 Å². The van der Waals surface area contributed by atoms with Crippen molar-refractivity contribution in [3.63, 3.8) is 0 Å². The van der Waals surface area contributed by atoms with Crippen molar-refractivity contribution in [3.05, 3.63) is 42.5 Å². The lowest BCUT2D eigenvalue weighted by molar-refractivity contribution is -0.131. The average molecular weight is 280 g/mol. The number of carbonyl (C=O) groups is 1. The topological polar surface area (TPSA) is 44.8 Å². The molecule has 0 bridgehead atoms. The van der Waals surface area contributed by atoms with Gasteiger partial charge in [0.25, 0.3) is 0 Å². The SMILES string of the molecule is CC(=O)Oc1cc2c(c3cccc4cccc-4c13)OCO2. The number of ether oxygens (including phenoxy) is 3. The van der Waals surface area contributed by atoms with E-state index < -0.39 is 0 Å². The molecular weight excluding hydrogens is 268 g/mol. The molecule has 0 atom stereocenters. The molecule has 4 rings (SSSR count). The Balaban J connectivity index is 2.15. The van der Waals surface area contributed by atoms with Crippen LogP contribution >= 0.6 is 0 Å². The molecule has 0 amide bonds. The minimum atomic E-state index is -0.360. The van der Waals surface area contributed by atoms with Crippen LogP contribution in [-0.2, 0) is 4.79 Å². The summed E-state index contributed by atoms with van der Waals surface area (Å²) in [6, 6.07) is 13.7. The van der Waals surface area contributed by atoms with Gasteiger partial charge in [0.15, 0.2) is 11.5 Å². The molecule has 0 N–H and O–H groups in total. The van der Waals surface area contributed by atoms with Gasteiger partial charge in [0.05, 0.1) is 0 Å². The minimum Gasteiger partial charge on any atom is -0.453 e. The molecule has 0 unspecified atom stereocenters. The zero-order chi connectivity index (χ0) is 14.4. The maximum absolute atomic E-state index is 11.4. The highest BCUT2D eigenvalue weighted by Gasteiger charge is 2.23. The molecule has 0 spiro atoms. The van der Waals surface area contributed by atoms with Crippen LogP contribution in [0.25, 0.3) is 21.9 Å². The molecule has 4 heteroatoms. The smallest absolute Gasteiger partial charge is 0.308 e. The fraction of sp³-hybridized carbons (Fsp3) is 0.118. The molecule has 0 fully saturated rings. The first-order valence-corrected chi connectivity index (χ1v) is 6.66. The summed E-state index contributed by atoms with van der Waals surface area (Å²) >= 11 is 0. The first-order valence-electron chi connectivity index (χ1n) is 6.66. The van der Waals surface area contributed by atoms with Crippen LogP contribution in [0.5, 0.6) is 17.2 Å². The molecule has 0 aromatic heterocycles. The van der Waals surface area contributed by atoms with Crippen molar-refractivity contribution in [1.82, 2.24) is 0 Å². The number of esters is 1. The van der Waals surface area contributed by atoms with Crippen molar-refractivity contribution < 1.29 is 19.0 Å². The van der Waals surface area contributed by atoms with Crippen molar-refractivity contribution in [2.24, 2.45) is 0 Å². The van der Waals surface area contributed by atoms with E-state index in [1.165, 1.54) is 6.92 Å². The van der Waals surface area contributed by atoms with E-state index in [0.717, 1.165) is 21.9 Å². The third-order valence-electron chi connectivity index (χ3n) is 3.58. The van der Waals surface area contributed by atoms with E-state index in [9.17, 15) is 4.79 Å². The second-order valence-electron chi connectivity index (χ2n) is 4.91. The fourth-order valence-electron chi connectivity index (χ4n) is 2.77. The molecule has 1 heterocycles. The Labute approximate surface area is 121 Å². The van der Waals surface area contributed by atoms with E-state index in [2.05, 4.69) is 0 Å². The molecule has 0 saturated heterocycles. The third kappa shape index (κ3) is 1.80. The highest BCUT2D eigenvalue weighted by Crippen LogP contribution is 2.47. The van der Waals surface area contributed by atoms with Crippen molar-refractivity contribution in [3.8, 4) is 28.4 Å². The molecule has 2 aliphatic carbocycles. The van der Waals surface area contributed by atoms with Gasteiger partial charge in [0.2, 0.25) is 6.79 Å². The summed E-state index contributed by atoms with van der Waals surface area (Å²) in [5.74, 6) is 1.43. The van der Waals surface area contributed by atoms with Gasteiger partial charge in [0, 0.05) is 23.8 Å². The van der Waals surface area contributed by atoms with Crippen LogP contribution in [0.1, 0.15) is 6.92 Å².